The number of nitrogens with one attached hydrogen (secondary N) is 1. The Morgan fingerprint density at radius 1 is 1.50 bits per heavy atom. The monoisotopic (exact) mass is 340 g/mol. The molecule has 0 radical (unpaired) electrons. The summed E-state index contributed by atoms with van der Waals surface area (Å²) in [5, 5.41) is 4.40. The largest absolute Gasteiger partial charge is 0.271 e. The molecule has 20 heavy (non-hydrogen) atoms. The van der Waals surface area contributed by atoms with Gasteiger partial charge in [-0.1, -0.05) is 22.0 Å². The molecule has 0 amide bonds. The van der Waals surface area contributed by atoms with Gasteiger partial charge in [0.05, 0.1) is 11.7 Å². The number of nitrogens with zero attached hydrogens (tertiary/aromatic N) is 2. The van der Waals surface area contributed by atoms with Crippen molar-refractivity contribution in [3.05, 3.63) is 51.5 Å². The minimum atomic E-state index is -0.313. The van der Waals surface area contributed by atoms with Crippen LogP contribution in [0.5, 0.6) is 0 Å². The van der Waals surface area contributed by atoms with Gasteiger partial charge in [0.25, 0.3) is 0 Å². The maximum atomic E-state index is 14.0. The molecule has 0 aliphatic heterocycles. The van der Waals surface area contributed by atoms with Gasteiger partial charge in [-0.25, -0.2) is 4.39 Å². The van der Waals surface area contributed by atoms with Gasteiger partial charge in [0.2, 0.25) is 0 Å². The van der Waals surface area contributed by atoms with Crippen molar-refractivity contribution in [2.45, 2.75) is 32.9 Å². The highest BCUT2D eigenvalue weighted by molar-refractivity contribution is 9.10. The van der Waals surface area contributed by atoms with E-state index in [2.05, 4.69) is 26.5 Å². The maximum Gasteiger partial charge on any atom is 0.129 e. The van der Waals surface area contributed by atoms with Crippen LogP contribution in [-0.4, -0.2) is 9.78 Å². The highest BCUT2D eigenvalue weighted by Crippen LogP contribution is 2.28. The molecule has 108 valence electrons. The molecule has 0 fully saturated rings. The van der Waals surface area contributed by atoms with Crippen molar-refractivity contribution >= 4 is 15.9 Å². The van der Waals surface area contributed by atoms with Gasteiger partial charge in [-0.2, -0.15) is 5.10 Å². The molecule has 1 aromatic carbocycles. The molecule has 0 aliphatic rings. The first-order valence-electron chi connectivity index (χ1n) is 6.50. The standard InChI is InChI=1S/C14H18BrFN4/c1-3-20-10(7-9(2)19-20)8-13(18-17)14-11(15)5-4-6-12(14)16/h4-7,13,18H,3,8,17H2,1-2H3. The number of rotatable bonds is 5. The zero-order chi connectivity index (χ0) is 14.7. The summed E-state index contributed by atoms with van der Waals surface area (Å²) >= 11 is 3.38. The summed E-state index contributed by atoms with van der Waals surface area (Å²) in [7, 11) is 0. The minimum Gasteiger partial charge on any atom is -0.271 e. The zero-order valence-corrected chi connectivity index (χ0v) is 13.1. The minimum absolute atomic E-state index is 0.276. The molecule has 6 heteroatoms. The Kier molecular flexibility index (Phi) is 4.91. The fourth-order valence-electron chi connectivity index (χ4n) is 2.33. The second kappa shape index (κ2) is 6.47. The lowest BCUT2D eigenvalue weighted by Crippen LogP contribution is -2.31. The summed E-state index contributed by atoms with van der Waals surface area (Å²) in [6.07, 6.45) is 0.574. The summed E-state index contributed by atoms with van der Waals surface area (Å²) in [6.45, 7) is 4.75. The van der Waals surface area contributed by atoms with Gasteiger partial charge in [-0.15, -0.1) is 0 Å². The number of hydrogen-bond donors (Lipinski definition) is 2. The fraction of sp³-hybridized carbons (Fsp3) is 0.357. The van der Waals surface area contributed by atoms with E-state index in [1.165, 1.54) is 6.07 Å². The van der Waals surface area contributed by atoms with E-state index in [0.29, 0.717) is 16.5 Å². The second-order valence-corrected chi connectivity index (χ2v) is 5.51. The fourth-order valence-corrected chi connectivity index (χ4v) is 2.95. The molecule has 1 unspecified atom stereocenters. The van der Waals surface area contributed by atoms with E-state index in [-0.39, 0.29) is 11.9 Å². The quantitative estimate of drug-likeness (QED) is 0.650. The van der Waals surface area contributed by atoms with Gasteiger partial charge in [-0.3, -0.25) is 16.0 Å². The van der Waals surface area contributed by atoms with E-state index in [1.807, 2.05) is 30.7 Å². The van der Waals surface area contributed by atoms with Crippen molar-refractivity contribution in [2.24, 2.45) is 5.84 Å². The third kappa shape index (κ3) is 3.08. The Morgan fingerprint density at radius 3 is 2.85 bits per heavy atom. The van der Waals surface area contributed by atoms with Gasteiger partial charge in [0.1, 0.15) is 5.82 Å². The van der Waals surface area contributed by atoms with Gasteiger partial charge >= 0.3 is 0 Å². The van der Waals surface area contributed by atoms with E-state index >= 15 is 0 Å². The zero-order valence-electron chi connectivity index (χ0n) is 11.5. The number of hydrogen-bond acceptors (Lipinski definition) is 3. The molecule has 2 aromatic rings. The molecule has 0 bridgehead atoms. The first-order valence-corrected chi connectivity index (χ1v) is 7.29. The lowest BCUT2D eigenvalue weighted by atomic mass is 10.0. The number of nitrogens with two attached hydrogens (primary N) is 1. The van der Waals surface area contributed by atoms with E-state index in [4.69, 9.17) is 5.84 Å². The van der Waals surface area contributed by atoms with E-state index in [9.17, 15) is 4.39 Å². The SMILES string of the molecule is CCn1nc(C)cc1CC(NN)c1c(F)cccc1Br. The summed E-state index contributed by atoms with van der Waals surface area (Å²) in [5.41, 5.74) is 5.22. The predicted octanol–water partition coefficient (Wildman–Crippen LogP) is 2.86. The summed E-state index contributed by atoms with van der Waals surface area (Å²) in [6, 6.07) is 6.60. The Hall–Kier alpha value is -1.24. The molecule has 1 aromatic heterocycles. The Morgan fingerprint density at radius 2 is 2.25 bits per heavy atom. The number of hydrazine groups is 1. The van der Waals surface area contributed by atoms with Crippen molar-refractivity contribution in [3.63, 3.8) is 0 Å². The van der Waals surface area contributed by atoms with Crippen LogP contribution in [0.1, 0.15) is 29.9 Å². The van der Waals surface area contributed by atoms with Crippen LogP contribution in [0.15, 0.2) is 28.7 Å². The third-order valence-electron chi connectivity index (χ3n) is 3.25. The van der Waals surface area contributed by atoms with Crippen LogP contribution < -0.4 is 11.3 Å². The molecule has 0 saturated carbocycles. The van der Waals surface area contributed by atoms with Crippen molar-refractivity contribution in [2.75, 3.05) is 0 Å². The average Bonchev–Trinajstić information content (AvgIpc) is 2.77. The number of halogens is 2. The van der Waals surface area contributed by atoms with Gasteiger partial charge < -0.3 is 0 Å². The second-order valence-electron chi connectivity index (χ2n) is 4.65. The third-order valence-corrected chi connectivity index (χ3v) is 3.94. The highest BCUT2D eigenvalue weighted by Gasteiger charge is 2.20. The molecule has 3 N–H and O–H groups in total. The van der Waals surface area contributed by atoms with Crippen LogP contribution in [0.2, 0.25) is 0 Å². The average molecular weight is 341 g/mol. The highest BCUT2D eigenvalue weighted by atomic mass is 79.9. The summed E-state index contributed by atoms with van der Waals surface area (Å²) < 4.78 is 16.6. The Balaban J connectivity index is 2.33. The smallest absolute Gasteiger partial charge is 0.129 e. The first-order chi connectivity index (χ1) is 9.56. The molecule has 0 aliphatic carbocycles. The van der Waals surface area contributed by atoms with Crippen LogP contribution in [0, 0.1) is 12.7 Å². The molecule has 4 nitrogen and oxygen atoms in total. The number of aromatic nitrogens is 2. The molecular weight excluding hydrogens is 323 g/mol. The van der Waals surface area contributed by atoms with E-state index < -0.39 is 0 Å². The first kappa shape index (κ1) is 15.2. The van der Waals surface area contributed by atoms with Crippen LogP contribution in [-0.2, 0) is 13.0 Å². The van der Waals surface area contributed by atoms with Crippen LogP contribution in [0.3, 0.4) is 0 Å². The lowest BCUT2D eigenvalue weighted by molar-refractivity contribution is 0.488. The van der Waals surface area contributed by atoms with Crippen molar-refractivity contribution in [1.82, 2.24) is 15.2 Å². The normalized spacial score (nSPS) is 12.7. The molecule has 0 spiro atoms. The van der Waals surface area contributed by atoms with Crippen molar-refractivity contribution in [3.8, 4) is 0 Å². The van der Waals surface area contributed by atoms with Crippen LogP contribution in [0.25, 0.3) is 0 Å². The van der Waals surface area contributed by atoms with E-state index in [0.717, 1.165) is 17.9 Å². The van der Waals surface area contributed by atoms with Crippen LogP contribution >= 0.6 is 15.9 Å². The summed E-state index contributed by atoms with van der Waals surface area (Å²) in [4.78, 5) is 0. The topological polar surface area (TPSA) is 55.9 Å². The molecule has 1 atom stereocenters. The summed E-state index contributed by atoms with van der Waals surface area (Å²) in [5.74, 6) is 5.35. The molecule has 0 saturated heterocycles. The lowest BCUT2D eigenvalue weighted by Gasteiger charge is -2.19. The maximum absolute atomic E-state index is 14.0. The van der Waals surface area contributed by atoms with Crippen molar-refractivity contribution in [1.29, 1.82) is 0 Å². The van der Waals surface area contributed by atoms with Gasteiger partial charge in [-0.05, 0) is 32.0 Å². The van der Waals surface area contributed by atoms with Crippen molar-refractivity contribution < 1.29 is 4.39 Å². The molecule has 2 rings (SSSR count). The molecular formula is C14H18BrFN4. The van der Waals surface area contributed by atoms with Gasteiger partial charge in [0.15, 0.2) is 0 Å². The Labute approximate surface area is 126 Å². The molecule has 1 heterocycles. The van der Waals surface area contributed by atoms with Crippen LogP contribution in [0.4, 0.5) is 4.39 Å². The number of benzene rings is 1. The number of aryl methyl sites for hydroxylation is 2. The predicted molar refractivity (Wildman–Crippen MR) is 80.5 cm³/mol. The van der Waals surface area contributed by atoms with E-state index in [1.54, 1.807) is 6.07 Å². The Bertz CT molecular complexity index is 577. The van der Waals surface area contributed by atoms with Gasteiger partial charge in [0, 0.05) is 28.7 Å².